The van der Waals surface area contributed by atoms with Gasteiger partial charge in [0, 0.05) is 31.1 Å². The van der Waals surface area contributed by atoms with E-state index in [4.69, 9.17) is 23.2 Å². The summed E-state index contributed by atoms with van der Waals surface area (Å²) in [6, 6.07) is 11.5. The molecule has 6 heteroatoms. The first-order valence-corrected chi connectivity index (χ1v) is 10.6. The van der Waals surface area contributed by atoms with Crippen LogP contribution in [0, 0.1) is 13.8 Å². The molecule has 2 amide bonds. The second-order valence-corrected chi connectivity index (χ2v) is 8.72. The van der Waals surface area contributed by atoms with E-state index in [1.807, 2.05) is 43.0 Å². The van der Waals surface area contributed by atoms with Gasteiger partial charge in [-0.3, -0.25) is 9.59 Å². The fourth-order valence-electron chi connectivity index (χ4n) is 4.13. The molecular weight excluding hydrogens is 407 g/mol. The minimum Gasteiger partial charge on any atom is -0.353 e. The van der Waals surface area contributed by atoms with Gasteiger partial charge in [0.2, 0.25) is 5.91 Å². The second-order valence-electron chi connectivity index (χ2n) is 7.90. The molecule has 0 aliphatic carbocycles. The van der Waals surface area contributed by atoms with Crippen LogP contribution >= 0.6 is 23.2 Å². The number of carbonyl (C=O) groups is 2. The summed E-state index contributed by atoms with van der Waals surface area (Å²) in [6.45, 7) is 6.13. The number of amides is 2. The Labute approximate surface area is 182 Å². The standard InChI is InChI=1S/C23H26Cl2N2O2/c1-14-8-15(2)10-18(9-14)23(29)27-7-6-19(26-16(3)28)13-20(27)11-17-4-5-21(24)22(25)12-17/h4-5,8-10,12,19-20H,6-7,11,13H2,1-3H3,(H,26,28). The fourth-order valence-corrected chi connectivity index (χ4v) is 4.45. The van der Waals surface area contributed by atoms with Gasteiger partial charge in [-0.2, -0.15) is 0 Å². The number of hydrogen-bond donors (Lipinski definition) is 1. The van der Waals surface area contributed by atoms with Crippen molar-refractivity contribution in [3.8, 4) is 0 Å². The summed E-state index contributed by atoms with van der Waals surface area (Å²) in [4.78, 5) is 26.8. The molecule has 2 aromatic carbocycles. The number of halogens is 2. The van der Waals surface area contributed by atoms with E-state index in [2.05, 4.69) is 11.4 Å². The Morgan fingerprint density at radius 2 is 1.76 bits per heavy atom. The van der Waals surface area contributed by atoms with Crippen molar-refractivity contribution >= 4 is 35.0 Å². The highest BCUT2D eigenvalue weighted by molar-refractivity contribution is 6.42. The molecule has 2 aromatic rings. The van der Waals surface area contributed by atoms with E-state index in [-0.39, 0.29) is 23.9 Å². The van der Waals surface area contributed by atoms with Gasteiger partial charge in [0.05, 0.1) is 10.0 Å². The van der Waals surface area contributed by atoms with E-state index in [1.165, 1.54) is 6.92 Å². The highest BCUT2D eigenvalue weighted by atomic mass is 35.5. The van der Waals surface area contributed by atoms with Gasteiger partial charge in [0.1, 0.15) is 0 Å². The lowest BCUT2D eigenvalue weighted by Gasteiger charge is -2.40. The van der Waals surface area contributed by atoms with E-state index in [1.54, 1.807) is 6.07 Å². The van der Waals surface area contributed by atoms with Crippen LogP contribution in [0.25, 0.3) is 0 Å². The van der Waals surface area contributed by atoms with Crippen molar-refractivity contribution < 1.29 is 9.59 Å². The number of benzene rings is 2. The number of piperidine rings is 1. The van der Waals surface area contributed by atoms with Crippen LogP contribution in [0.5, 0.6) is 0 Å². The van der Waals surface area contributed by atoms with Gasteiger partial charge in [-0.05, 0) is 62.9 Å². The summed E-state index contributed by atoms with van der Waals surface area (Å²) >= 11 is 12.2. The molecule has 2 unspecified atom stereocenters. The zero-order chi connectivity index (χ0) is 21.1. The van der Waals surface area contributed by atoms with E-state index in [0.29, 0.717) is 35.0 Å². The Morgan fingerprint density at radius 3 is 2.38 bits per heavy atom. The third-order valence-corrected chi connectivity index (χ3v) is 6.05. The highest BCUT2D eigenvalue weighted by Gasteiger charge is 2.32. The number of likely N-dealkylation sites (tertiary alicyclic amines) is 1. The summed E-state index contributed by atoms with van der Waals surface area (Å²) in [5, 5.41) is 4.03. The average Bonchev–Trinajstić information content (AvgIpc) is 2.63. The molecule has 2 atom stereocenters. The van der Waals surface area contributed by atoms with Gasteiger partial charge in [0.15, 0.2) is 0 Å². The molecule has 0 bridgehead atoms. The van der Waals surface area contributed by atoms with Crippen LogP contribution in [0.4, 0.5) is 0 Å². The van der Waals surface area contributed by atoms with E-state index in [9.17, 15) is 9.59 Å². The monoisotopic (exact) mass is 432 g/mol. The Kier molecular flexibility index (Phi) is 6.86. The normalized spacial score (nSPS) is 19.1. The van der Waals surface area contributed by atoms with Crippen molar-refractivity contribution in [3.63, 3.8) is 0 Å². The largest absolute Gasteiger partial charge is 0.353 e. The third kappa shape index (κ3) is 5.52. The maximum atomic E-state index is 13.3. The smallest absolute Gasteiger partial charge is 0.254 e. The molecule has 1 saturated heterocycles. The second kappa shape index (κ2) is 9.19. The molecule has 154 valence electrons. The van der Waals surface area contributed by atoms with Gasteiger partial charge in [0.25, 0.3) is 5.91 Å². The van der Waals surface area contributed by atoms with Gasteiger partial charge < -0.3 is 10.2 Å². The molecule has 1 aliphatic heterocycles. The van der Waals surface area contributed by atoms with Crippen LogP contribution in [0.2, 0.25) is 10.0 Å². The molecule has 0 radical (unpaired) electrons. The number of nitrogens with one attached hydrogen (secondary N) is 1. The predicted octanol–water partition coefficient (Wildman–Crippen LogP) is 4.96. The summed E-state index contributed by atoms with van der Waals surface area (Å²) < 4.78 is 0. The quantitative estimate of drug-likeness (QED) is 0.741. The van der Waals surface area contributed by atoms with Crippen molar-refractivity contribution in [1.29, 1.82) is 0 Å². The summed E-state index contributed by atoms with van der Waals surface area (Å²) in [5.74, 6) is -0.0134. The van der Waals surface area contributed by atoms with Crippen LogP contribution in [0.3, 0.4) is 0 Å². The highest BCUT2D eigenvalue weighted by Crippen LogP contribution is 2.27. The van der Waals surface area contributed by atoms with Crippen LogP contribution < -0.4 is 5.32 Å². The molecule has 1 N–H and O–H groups in total. The van der Waals surface area contributed by atoms with Gasteiger partial charge >= 0.3 is 0 Å². The number of nitrogens with zero attached hydrogens (tertiary/aromatic N) is 1. The van der Waals surface area contributed by atoms with Crippen LogP contribution in [-0.2, 0) is 11.2 Å². The van der Waals surface area contributed by atoms with E-state index in [0.717, 1.165) is 23.1 Å². The molecule has 0 saturated carbocycles. The van der Waals surface area contributed by atoms with Crippen LogP contribution in [0.15, 0.2) is 36.4 Å². The molecule has 0 spiro atoms. The molecule has 1 fully saturated rings. The number of aryl methyl sites for hydroxylation is 2. The zero-order valence-corrected chi connectivity index (χ0v) is 18.5. The van der Waals surface area contributed by atoms with E-state index >= 15 is 0 Å². The minimum absolute atomic E-state index is 0.0307. The zero-order valence-electron chi connectivity index (χ0n) is 17.0. The molecule has 4 nitrogen and oxygen atoms in total. The Morgan fingerprint density at radius 1 is 1.07 bits per heavy atom. The van der Waals surface area contributed by atoms with Crippen molar-refractivity contribution in [2.45, 2.75) is 52.1 Å². The molecule has 1 heterocycles. The molecular formula is C23H26Cl2N2O2. The van der Waals surface area contributed by atoms with Crippen LogP contribution in [0.1, 0.15) is 46.8 Å². The van der Waals surface area contributed by atoms with Gasteiger partial charge in [-0.1, -0.05) is 46.5 Å². The first-order valence-electron chi connectivity index (χ1n) is 9.83. The topological polar surface area (TPSA) is 49.4 Å². The maximum Gasteiger partial charge on any atom is 0.254 e. The lowest BCUT2D eigenvalue weighted by molar-refractivity contribution is -0.120. The maximum absolute atomic E-state index is 13.3. The molecule has 0 aromatic heterocycles. The Bertz CT molecular complexity index is 909. The molecule has 1 aliphatic rings. The first-order chi connectivity index (χ1) is 13.7. The summed E-state index contributed by atoms with van der Waals surface area (Å²) in [5.41, 5.74) is 3.87. The van der Waals surface area contributed by atoms with Crippen molar-refractivity contribution in [2.24, 2.45) is 0 Å². The van der Waals surface area contributed by atoms with Crippen molar-refractivity contribution in [3.05, 3.63) is 68.7 Å². The van der Waals surface area contributed by atoms with Crippen LogP contribution in [-0.4, -0.2) is 35.3 Å². The lowest BCUT2D eigenvalue weighted by Crippen LogP contribution is -2.52. The van der Waals surface area contributed by atoms with Crippen molar-refractivity contribution in [2.75, 3.05) is 6.54 Å². The Hall–Kier alpha value is -2.04. The SMILES string of the molecule is CC(=O)NC1CCN(C(=O)c2cc(C)cc(C)c2)C(Cc2ccc(Cl)c(Cl)c2)C1. The number of hydrogen-bond acceptors (Lipinski definition) is 2. The third-order valence-electron chi connectivity index (χ3n) is 5.31. The minimum atomic E-state index is -0.0441. The first kappa shape index (κ1) is 21.7. The summed E-state index contributed by atoms with van der Waals surface area (Å²) in [6.07, 6.45) is 2.11. The Balaban J connectivity index is 1.87. The number of rotatable bonds is 4. The molecule has 29 heavy (non-hydrogen) atoms. The van der Waals surface area contributed by atoms with Gasteiger partial charge in [-0.25, -0.2) is 0 Å². The summed E-state index contributed by atoms with van der Waals surface area (Å²) in [7, 11) is 0. The number of carbonyl (C=O) groups excluding carboxylic acids is 2. The average molecular weight is 433 g/mol. The lowest BCUT2D eigenvalue weighted by atomic mass is 9.91. The van der Waals surface area contributed by atoms with Crippen molar-refractivity contribution in [1.82, 2.24) is 10.2 Å². The van der Waals surface area contributed by atoms with E-state index < -0.39 is 0 Å². The fraction of sp³-hybridized carbons (Fsp3) is 0.391. The predicted molar refractivity (Wildman–Crippen MR) is 118 cm³/mol. The molecule has 3 rings (SSSR count). The van der Waals surface area contributed by atoms with Gasteiger partial charge in [-0.15, -0.1) is 0 Å².